The van der Waals surface area contributed by atoms with Crippen molar-refractivity contribution >= 4 is 40.7 Å². The van der Waals surface area contributed by atoms with Crippen LogP contribution in [0.15, 0.2) is 73.1 Å². The number of carbonyl (C=O) groups is 3. The number of ketones is 3. The van der Waals surface area contributed by atoms with Gasteiger partial charge in [0, 0.05) is 40.1 Å². The van der Waals surface area contributed by atoms with Crippen LogP contribution in [0, 0.1) is 5.41 Å². The van der Waals surface area contributed by atoms with Crippen molar-refractivity contribution in [2.75, 3.05) is 4.90 Å². The molecular weight excluding hydrogens is 436 g/mol. The summed E-state index contributed by atoms with van der Waals surface area (Å²) >= 11 is 6.24. The van der Waals surface area contributed by atoms with Crippen LogP contribution in [-0.2, 0) is 4.79 Å². The number of halogens is 1. The first kappa shape index (κ1) is 20.1. The van der Waals surface area contributed by atoms with Gasteiger partial charge in [-0.25, -0.2) is 0 Å². The van der Waals surface area contributed by atoms with Crippen molar-refractivity contribution in [2.24, 2.45) is 5.41 Å². The maximum Gasteiger partial charge on any atom is 0.180 e. The molecule has 0 amide bonds. The molecule has 1 spiro atoms. The van der Waals surface area contributed by atoms with E-state index >= 15 is 0 Å². The van der Waals surface area contributed by atoms with Crippen molar-refractivity contribution in [1.82, 2.24) is 4.98 Å². The van der Waals surface area contributed by atoms with E-state index in [9.17, 15) is 14.4 Å². The van der Waals surface area contributed by atoms with E-state index in [0.717, 1.165) is 11.3 Å². The first-order valence-electron chi connectivity index (χ1n) is 10.8. The third-order valence-electron chi connectivity index (χ3n) is 7.23. The van der Waals surface area contributed by atoms with Gasteiger partial charge in [0.05, 0.1) is 12.1 Å². The highest BCUT2D eigenvalue weighted by molar-refractivity contribution is 6.32. The summed E-state index contributed by atoms with van der Waals surface area (Å²) in [5.74, 6) is -1.28. The molecule has 0 saturated carbocycles. The lowest BCUT2D eigenvalue weighted by Gasteiger charge is -2.37. The largest absolute Gasteiger partial charge is 0.352 e. The van der Waals surface area contributed by atoms with Crippen molar-refractivity contribution in [1.29, 1.82) is 0 Å². The smallest absolute Gasteiger partial charge is 0.180 e. The predicted molar refractivity (Wildman–Crippen MR) is 126 cm³/mol. The molecule has 3 heterocycles. The van der Waals surface area contributed by atoms with E-state index in [2.05, 4.69) is 4.98 Å². The van der Waals surface area contributed by atoms with Crippen LogP contribution in [0.2, 0.25) is 5.02 Å². The molecule has 162 valence electrons. The summed E-state index contributed by atoms with van der Waals surface area (Å²) in [5, 5.41) is 0.578. The molecule has 33 heavy (non-hydrogen) atoms. The topological polar surface area (TPSA) is 67.3 Å². The van der Waals surface area contributed by atoms with Gasteiger partial charge in [-0.15, -0.1) is 0 Å². The number of hydrogen-bond acceptors (Lipinski definition) is 5. The van der Waals surface area contributed by atoms with Crippen LogP contribution in [0.4, 0.5) is 5.69 Å². The van der Waals surface area contributed by atoms with Crippen molar-refractivity contribution in [2.45, 2.75) is 24.9 Å². The molecule has 2 aliphatic heterocycles. The number of Topliss-reactive ketones (excluding diaryl/α,β-unsaturated/α-hetero) is 3. The number of nitrogens with zero attached hydrogens (tertiary/aromatic N) is 2. The van der Waals surface area contributed by atoms with Gasteiger partial charge in [0.25, 0.3) is 0 Å². The Labute approximate surface area is 195 Å². The minimum Gasteiger partial charge on any atom is -0.352 e. The molecule has 2 aromatic carbocycles. The van der Waals surface area contributed by atoms with Gasteiger partial charge in [0.15, 0.2) is 17.3 Å². The zero-order chi connectivity index (χ0) is 22.9. The average Bonchev–Trinajstić information content (AvgIpc) is 3.26. The monoisotopic (exact) mass is 454 g/mol. The van der Waals surface area contributed by atoms with E-state index in [-0.39, 0.29) is 17.3 Å². The predicted octanol–water partition coefficient (Wildman–Crippen LogP) is 4.76. The number of hydrogen-bond donors (Lipinski definition) is 0. The number of aromatic nitrogens is 1. The summed E-state index contributed by atoms with van der Waals surface area (Å²) in [4.78, 5) is 47.8. The van der Waals surface area contributed by atoms with Crippen LogP contribution >= 0.6 is 11.6 Å². The minimum absolute atomic E-state index is 0.113. The first-order valence-corrected chi connectivity index (χ1v) is 11.2. The quantitative estimate of drug-likeness (QED) is 0.522. The van der Waals surface area contributed by atoms with Gasteiger partial charge < -0.3 is 4.90 Å². The van der Waals surface area contributed by atoms with Crippen LogP contribution in [0.1, 0.15) is 44.7 Å². The molecule has 3 atom stereocenters. The summed E-state index contributed by atoms with van der Waals surface area (Å²) in [7, 11) is 0. The molecule has 1 saturated heterocycles. The molecule has 3 aromatic rings. The fourth-order valence-electron chi connectivity index (χ4n) is 6.03. The Morgan fingerprint density at radius 3 is 2.39 bits per heavy atom. The lowest BCUT2D eigenvalue weighted by atomic mass is 9.64. The van der Waals surface area contributed by atoms with Crippen molar-refractivity contribution < 1.29 is 14.4 Å². The Balaban J connectivity index is 1.68. The maximum absolute atomic E-state index is 14.2. The molecule has 5 nitrogen and oxygen atoms in total. The molecular formula is C27H19ClN2O3. The van der Waals surface area contributed by atoms with Gasteiger partial charge in [0.2, 0.25) is 0 Å². The lowest BCUT2D eigenvalue weighted by molar-refractivity contribution is -0.118. The highest BCUT2D eigenvalue weighted by Crippen LogP contribution is 2.60. The lowest BCUT2D eigenvalue weighted by Crippen LogP contribution is -2.48. The zero-order valence-corrected chi connectivity index (χ0v) is 18.5. The number of pyridine rings is 1. The van der Waals surface area contributed by atoms with E-state index in [1.54, 1.807) is 48.8 Å². The van der Waals surface area contributed by atoms with Crippen molar-refractivity contribution in [3.05, 3.63) is 100 Å². The van der Waals surface area contributed by atoms with Crippen LogP contribution in [-0.4, -0.2) is 34.4 Å². The van der Waals surface area contributed by atoms with Crippen molar-refractivity contribution in [3.8, 4) is 0 Å². The van der Waals surface area contributed by atoms with Gasteiger partial charge in [-0.3, -0.25) is 19.4 Å². The number of fused-ring (bicyclic) bond motifs is 5. The summed E-state index contributed by atoms with van der Waals surface area (Å²) in [6, 6.07) is 14.7. The van der Waals surface area contributed by atoms with E-state index in [0.29, 0.717) is 21.7 Å². The van der Waals surface area contributed by atoms with Gasteiger partial charge in [-0.05, 0) is 42.3 Å². The molecule has 0 N–H and O–H groups in total. The van der Waals surface area contributed by atoms with Crippen LogP contribution in [0.5, 0.6) is 0 Å². The summed E-state index contributed by atoms with van der Waals surface area (Å²) in [6.07, 6.45) is 7.09. The van der Waals surface area contributed by atoms with Gasteiger partial charge >= 0.3 is 0 Å². The molecule has 1 aliphatic carbocycles. The summed E-state index contributed by atoms with van der Waals surface area (Å²) < 4.78 is 0. The summed E-state index contributed by atoms with van der Waals surface area (Å²) in [6.45, 7) is 1.52. The SMILES string of the molecule is CC(=O)[C@H]1[C@H](c2cccnc2)C2(C(=O)c3ccccc3C2=O)[C@H]2C=Cc3cc(Cl)ccc3N12. The molecule has 0 radical (unpaired) electrons. The fourth-order valence-corrected chi connectivity index (χ4v) is 6.21. The van der Waals surface area contributed by atoms with Gasteiger partial charge in [0.1, 0.15) is 5.41 Å². The molecule has 0 unspecified atom stereocenters. The normalized spacial score (nSPS) is 24.1. The fraction of sp³-hybridized carbons (Fsp3) is 0.185. The molecule has 6 rings (SSSR count). The minimum atomic E-state index is -1.46. The second kappa shape index (κ2) is 6.96. The first-order chi connectivity index (χ1) is 16.0. The molecule has 6 heteroatoms. The number of carbonyl (C=O) groups excluding carboxylic acids is 3. The molecule has 3 aliphatic rings. The zero-order valence-electron chi connectivity index (χ0n) is 17.7. The number of anilines is 1. The third-order valence-corrected chi connectivity index (χ3v) is 7.46. The molecule has 1 aromatic heterocycles. The van der Waals surface area contributed by atoms with E-state index in [1.165, 1.54) is 6.92 Å². The van der Waals surface area contributed by atoms with E-state index < -0.39 is 23.4 Å². The van der Waals surface area contributed by atoms with E-state index in [4.69, 9.17) is 11.6 Å². The Hall–Kier alpha value is -3.57. The second-order valence-electron chi connectivity index (χ2n) is 8.81. The van der Waals surface area contributed by atoms with Crippen molar-refractivity contribution in [3.63, 3.8) is 0 Å². The van der Waals surface area contributed by atoms with E-state index in [1.807, 2.05) is 35.3 Å². The number of benzene rings is 2. The van der Waals surface area contributed by atoms with Gasteiger partial charge in [-0.1, -0.05) is 54.1 Å². The van der Waals surface area contributed by atoms with Crippen LogP contribution in [0.25, 0.3) is 6.08 Å². The number of rotatable bonds is 2. The standard InChI is InChI=1S/C27H19ClN2O3/c1-15(31)24-23(17-5-4-12-29-14-17)27(25(32)19-6-2-3-7-20(19)26(27)33)22-11-8-16-13-18(28)9-10-21(16)30(22)24/h2-14,22-24H,1H3/t22-,23+,24+/m1/s1. The molecule has 1 fully saturated rings. The average molecular weight is 455 g/mol. The Morgan fingerprint density at radius 1 is 1.03 bits per heavy atom. The highest BCUT2D eigenvalue weighted by Gasteiger charge is 2.71. The summed E-state index contributed by atoms with van der Waals surface area (Å²) in [5.41, 5.74) is 1.70. The maximum atomic E-state index is 14.2. The third kappa shape index (κ3) is 2.48. The van der Waals surface area contributed by atoms with Crippen LogP contribution < -0.4 is 4.90 Å². The Morgan fingerprint density at radius 2 is 1.76 bits per heavy atom. The Kier molecular flexibility index (Phi) is 4.23. The van der Waals surface area contributed by atoms with Crippen LogP contribution in [0.3, 0.4) is 0 Å². The molecule has 0 bridgehead atoms. The Bertz CT molecular complexity index is 1350. The second-order valence-corrected chi connectivity index (χ2v) is 9.24. The van der Waals surface area contributed by atoms with Gasteiger partial charge in [-0.2, -0.15) is 0 Å². The highest BCUT2D eigenvalue weighted by atomic mass is 35.5.